The van der Waals surface area contributed by atoms with Gasteiger partial charge in [-0.15, -0.1) is 11.3 Å². The zero-order valence-corrected chi connectivity index (χ0v) is 23.5. The van der Waals surface area contributed by atoms with Crippen molar-refractivity contribution in [1.82, 2.24) is 14.9 Å². The Labute approximate surface area is 214 Å². The van der Waals surface area contributed by atoms with Gasteiger partial charge in [-0.25, -0.2) is 14.8 Å². The predicted molar refractivity (Wildman–Crippen MR) is 137 cm³/mol. The summed E-state index contributed by atoms with van der Waals surface area (Å²) in [5.74, 6) is 0.0145. The molecule has 0 aromatic carbocycles. The second-order valence-electron chi connectivity index (χ2n) is 11.8. The Bertz CT molecular complexity index is 1120. The van der Waals surface area contributed by atoms with Crippen molar-refractivity contribution >= 4 is 39.1 Å². The first-order chi connectivity index (χ1) is 15.7. The summed E-state index contributed by atoms with van der Waals surface area (Å²) in [5, 5.41) is 3.21. The number of fused-ring (bicyclic) bond motifs is 1. The fraction of sp³-hybridized carbons (Fsp3) is 0.615. The molecule has 0 radical (unpaired) electrons. The molecule has 2 aromatic rings. The number of aryl methyl sites for hydroxylation is 1. The zero-order chi connectivity index (χ0) is 25.1. The maximum absolute atomic E-state index is 13.5. The van der Waals surface area contributed by atoms with Crippen LogP contribution in [0.15, 0.2) is 22.1 Å². The number of halogens is 1. The van der Waals surface area contributed by atoms with E-state index in [-0.39, 0.29) is 29.1 Å². The van der Waals surface area contributed by atoms with E-state index in [0.29, 0.717) is 11.0 Å². The molecule has 184 valence electrons. The molecule has 2 aromatic heterocycles. The molecule has 0 unspecified atom stereocenters. The maximum atomic E-state index is 13.5. The van der Waals surface area contributed by atoms with Gasteiger partial charge in [0.05, 0.1) is 28.9 Å². The molecule has 34 heavy (non-hydrogen) atoms. The molecule has 8 heteroatoms. The summed E-state index contributed by atoms with van der Waals surface area (Å²) in [7, 11) is 0. The Morgan fingerprint density at radius 1 is 1.18 bits per heavy atom. The number of likely N-dealkylation sites (tertiary alicyclic amines) is 1. The maximum Gasteiger partial charge on any atom is 0.411 e. The number of rotatable bonds is 5. The van der Waals surface area contributed by atoms with Crippen LogP contribution in [0.2, 0.25) is 0 Å². The van der Waals surface area contributed by atoms with Crippen molar-refractivity contribution in [3.05, 3.63) is 44.1 Å². The van der Waals surface area contributed by atoms with Gasteiger partial charge in [0.1, 0.15) is 10.2 Å². The fourth-order valence-corrected chi connectivity index (χ4v) is 6.31. The molecule has 1 aliphatic carbocycles. The van der Waals surface area contributed by atoms with Gasteiger partial charge in [-0.2, -0.15) is 0 Å². The van der Waals surface area contributed by atoms with Crippen molar-refractivity contribution < 1.29 is 14.3 Å². The molecule has 1 saturated heterocycles. The van der Waals surface area contributed by atoms with Crippen LogP contribution >= 0.6 is 27.3 Å². The lowest BCUT2D eigenvalue weighted by Gasteiger charge is -2.29. The minimum atomic E-state index is -0.621. The van der Waals surface area contributed by atoms with E-state index in [2.05, 4.69) is 47.1 Å². The molecule has 1 amide bonds. The van der Waals surface area contributed by atoms with Gasteiger partial charge >= 0.3 is 6.09 Å². The molecule has 0 bridgehead atoms. The van der Waals surface area contributed by atoms with Crippen LogP contribution in [0.25, 0.3) is 0 Å². The third-order valence-electron chi connectivity index (χ3n) is 6.73. The molecule has 2 fully saturated rings. The predicted octanol–water partition coefficient (Wildman–Crippen LogP) is 6.03. The van der Waals surface area contributed by atoms with Crippen LogP contribution in [-0.4, -0.2) is 44.4 Å². The van der Waals surface area contributed by atoms with Gasteiger partial charge in [0.25, 0.3) is 0 Å². The number of carbonyl (C=O) groups is 2. The number of ketones is 1. The van der Waals surface area contributed by atoms with Gasteiger partial charge in [-0.05, 0) is 68.1 Å². The summed E-state index contributed by atoms with van der Waals surface area (Å²) in [5.41, 5.74) is 2.07. The first-order valence-electron chi connectivity index (χ1n) is 11.8. The van der Waals surface area contributed by atoms with E-state index in [1.807, 2.05) is 39.8 Å². The quantitative estimate of drug-likeness (QED) is 0.427. The summed E-state index contributed by atoms with van der Waals surface area (Å²) in [4.78, 5) is 37.9. The molecule has 2 aliphatic rings. The topological polar surface area (TPSA) is 72.4 Å². The first kappa shape index (κ1) is 25.3. The number of nitrogens with zero attached hydrogens (tertiary/aromatic N) is 3. The van der Waals surface area contributed by atoms with Crippen molar-refractivity contribution in [2.45, 2.75) is 97.2 Å². The van der Waals surface area contributed by atoms with Crippen LogP contribution in [0.4, 0.5) is 4.79 Å². The summed E-state index contributed by atoms with van der Waals surface area (Å²) in [6, 6.07) is 3.33. The molecule has 4 rings (SSSR count). The van der Waals surface area contributed by atoms with Crippen LogP contribution in [0.5, 0.6) is 0 Å². The number of ether oxygens (including phenoxy) is 1. The fourth-order valence-electron chi connectivity index (χ4n) is 4.78. The van der Waals surface area contributed by atoms with E-state index >= 15 is 0 Å². The number of pyridine rings is 1. The van der Waals surface area contributed by atoms with E-state index in [0.717, 1.165) is 34.8 Å². The van der Waals surface area contributed by atoms with Crippen molar-refractivity contribution in [1.29, 1.82) is 0 Å². The van der Waals surface area contributed by atoms with E-state index in [9.17, 15) is 9.59 Å². The third-order valence-corrected chi connectivity index (χ3v) is 8.02. The first-order valence-corrected chi connectivity index (χ1v) is 13.5. The van der Waals surface area contributed by atoms with Gasteiger partial charge in [0.2, 0.25) is 0 Å². The van der Waals surface area contributed by atoms with Crippen LogP contribution in [0, 0.1) is 12.3 Å². The molecule has 3 atom stereocenters. The van der Waals surface area contributed by atoms with Crippen molar-refractivity contribution in [3.8, 4) is 0 Å². The summed E-state index contributed by atoms with van der Waals surface area (Å²) in [6.07, 6.45) is 2.12. The minimum Gasteiger partial charge on any atom is -0.444 e. The standard InChI is InChI=1S/C26H34BrN3O3S/c1-15-8-9-21(27)28-16(15)10-18(31)17-11-26(13-22-29-19(14-34-22)24(2,3)4)12-20(26)30(17)23(32)33-25(5,6)7/h8-9,14,17,20H,10-13H2,1-7H3/t17-,20+,26-/m0/s1. The van der Waals surface area contributed by atoms with Gasteiger partial charge in [-0.1, -0.05) is 26.8 Å². The van der Waals surface area contributed by atoms with Crippen molar-refractivity contribution in [2.24, 2.45) is 5.41 Å². The van der Waals surface area contributed by atoms with Crippen LogP contribution in [0.1, 0.15) is 76.3 Å². The molecule has 6 nitrogen and oxygen atoms in total. The normalized spacial score (nSPS) is 24.2. The SMILES string of the molecule is Cc1ccc(Br)nc1CC(=O)[C@@H]1C[C@@]2(Cc3nc(C(C)(C)C)cs3)C[C@H]2N1C(=O)OC(C)(C)C. The van der Waals surface area contributed by atoms with Crippen molar-refractivity contribution in [3.63, 3.8) is 0 Å². The number of hydrogen-bond donors (Lipinski definition) is 0. The lowest BCUT2D eigenvalue weighted by molar-refractivity contribution is -0.123. The smallest absolute Gasteiger partial charge is 0.411 e. The van der Waals surface area contributed by atoms with Crippen LogP contribution < -0.4 is 0 Å². The largest absolute Gasteiger partial charge is 0.444 e. The van der Waals surface area contributed by atoms with Crippen LogP contribution in [0.3, 0.4) is 0 Å². The summed E-state index contributed by atoms with van der Waals surface area (Å²) >= 11 is 5.08. The van der Waals surface area contributed by atoms with Crippen molar-refractivity contribution in [2.75, 3.05) is 0 Å². The summed E-state index contributed by atoms with van der Waals surface area (Å²) in [6.45, 7) is 14.0. The van der Waals surface area contributed by atoms with E-state index in [4.69, 9.17) is 9.72 Å². The number of piperidine rings is 1. The average molecular weight is 549 g/mol. The van der Waals surface area contributed by atoms with E-state index in [1.54, 1.807) is 16.2 Å². The Balaban J connectivity index is 1.58. The highest BCUT2D eigenvalue weighted by atomic mass is 79.9. The zero-order valence-electron chi connectivity index (χ0n) is 21.1. The van der Waals surface area contributed by atoms with Gasteiger partial charge in [0.15, 0.2) is 5.78 Å². The molecular weight excluding hydrogens is 514 g/mol. The van der Waals surface area contributed by atoms with E-state index < -0.39 is 17.7 Å². The Morgan fingerprint density at radius 2 is 1.88 bits per heavy atom. The number of thiazole rings is 1. The average Bonchev–Trinajstić information content (AvgIpc) is 3.04. The molecule has 0 N–H and O–H groups in total. The number of hydrogen-bond acceptors (Lipinski definition) is 6. The Kier molecular flexibility index (Phi) is 6.47. The Morgan fingerprint density at radius 3 is 2.50 bits per heavy atom. The lowest BCUT2D eigenvalue weighted by Crippen LogP contribution is -2.46. The lowest BCUT2D eigenvalue weighted by atomic mass is 9.92. The summed E-state index contributed by atoms with van der Waals surface area (Å²) < 4.78 is 6.44. The van der Waals surface area contributed by atoms with E-state index in [1.165, 1.54) is 0 Å². The highest BCUT2D eigenvalue weighted by molar-refractivity contribution is 9.10. The molecule has 1 aliphatic heterocycles. The monoisotopic (exact) mass is 547 g/mol. The molecule has 3 heterocycles. The number of Topliss-reactive ketones (excluding diaryl/α,β-unsaturated/α-hetero) is 1. The number of amides is 1. The Hall–Kier alpha value is -1.80. The van der Waals surface area contributed by atoms with Gasteiger partial charge in [0, 0.05) is 28.7 Å². The third kappa shape index (κ3) is 5.23. The van der Waals surface area contributed by atoms with Gasteiger partial charge < -0.3 is 4.74 Å². The second-order valence-corrected chi connectivity index (χ2v) is 13.5. The highest BCUT2D eigenvalue weighted by Gasteiger charge is 2.67. The highest BCUT2D eigenvalue weighted by Crippen LogP contribution is 2.62. The number of aromatic nitrogens is 2. The molecular formula is C26H34BrN3O3S. The molecule has 0 spiro atoms. The van der Waals surface area contributed by atoms with Crippen LogP contribution in [-0.2, 0) is 27.8 Å². The number of carbonyl (C=O) groups excluding carboxylic acids is 2. The molecule has 1 saturated carbocycles. The van der Waals surface area contributed by atoms with Gasteiger partial charge in [-0.3, -0.25) is 9.69 Å². The second kappa shape index (κ2) is 8.70. The minimum absolute atomic E-state index is 0.000906.